The highest BCUT2D eigenvalue weighted by molar-refractivity contribution is 5.92. The summed E-state index contributed by atoms with van der Waals surface area (Å²) >= 11 is 0. The van der Waals surface area contributed by atoms with Crippen molar-refractivity contribution < 1.29 is 58.6 Å². The molecule has 0 N–H and O–H groups in total. The van der Waals surface area contributed by atoms with Crippen molar-refractivity contribution in [3.05, 3.63) is 65.7 Å². The number of benzene rings is 2. The smallest absolute Gasteiger partial charge is 0.573 e. The lowest BCUT2D eigenvalue weighted by atomic mass is 9.65. The Bertz CT molecular complexity index is 1430. The molecule has 0 radical (unpaired) electrons. The zero-order chi connectivity index (χ0) is 31.4. The van der Waals surface area contributed by atoms with Gasteiger partial charge in [-0.1, -0.05) is 19.0 Å². The molecule has 1 heterocycles. The van der Waals surface area contributed by atoms with Gasteiger partial charge in [0.2, 0.25) is 6.33 Å². The number of nitrogens with zero attached hydrogens (tertiary/aromatic N) is 4. The van der Waals surface area contributed by atoms with Gasteiger partial charge in [0.15, 0.2) is 0 Å². The third kappa shape index (κ3) is 9.20. The quantitative estimate of drug-likeness (QED) is 0.142. The molecule has 1 aliphatic carbocycles. The van der Waals surface area contributed by atoms with Gasteiger partial charge in [0.1, 0.15) is 30.9 Å². The Hall–Kier alpha value is -3.61. The van der Waals surface area contributed by atoms with E-state index in [0.717, 1.165) is 35.2 Å². The third-order valence-corrected chi connectivity index (χ3v) is 7.61. The van der Waals surface area contributed by atoms with Crippen molar-refractivity contribution in [1.82, 2.24) is 9.78 Å². The first-order valence-corrected chi connectivity index (χ1v) is 14.0. The van der Waals surface area contributed by atoms with Crippen molar-refractivity contribution in [3.8, 4) is 17.2 Å². The maximum absolute atomic E-state index is 12.5. The fourth-order valence-corrected chi connectivity index (χ4v) is 5.65. The van der Waals surface area contributed by atoms with E-state index in [0.29, 0.717) is 31.2 Å². The Balaban J connectivity index is 0.00000529. The number of rotatable bonds is 10. The number of carbonyl (C=O) groups is 1. The molecule has 1 saturated carbocycles. The van der Waals surface area contributed by atoms with Gasteiger partial charge in [-0.2, -0.15) is 0 Å². The molecule has 4 rings (SSSR count). The van der Waals surface area contributed by atoms with E-state index < -0.39 is 6.36 Å². The maximum atomic E-state index is 12.5. The molecule has 2 aromatic carbocycles. The summed E-state index contributed by atoms with van der Waals surface area (Å²) in [5.41, 5.74) is 3.53. The number of hydrogen-bond acceptors (Lipinski definition) is 7. The van der Waals surface area contributed by atoms with Gasteiger partial charge < -0.3 is 36.0 Å². The second-order valence-electron chi connectivity index (χ2n) is 11.6. The Morgan fingerprint density at radius 3 is 2.36 bits per heavy atom. The monoisotopic (exact) mass is 682 g/mol. The topological polar surface area (TPSA) is 88.1 Å². The number of halogens is 4. The first-order chi connectivity index (χ1) is 20.2. The van der Waals surface area contributed by atoms with Crippen molar-refractivity contribution in [1.29, 1.82) is 0 Å². The van der Waals surface area contributed by atoms with Crippen LogP contribution in [0.2, 0.25) is 0 Å². The molecule has 0 saturated heterocycles. The summed E-state index contributed by atoms with van der Waals surface area (Å²) in [6, 6.07) is 9.39. The van der Waals surface area contributed by atoms with Gasteiger partial charge >= 0.3 is 12.3 Å². The molecule has 0 spiro atoms. The zero-order valence-electron chi connectivity index (χ0n) is 25.7. The molecule has 1 unspecified atom stereocenters. The molecule has 9 nitrogen and oxygen atoms in total. The summed E-state index contributed by atoms with van der Waals surface area (Å²) in [5, 5.41) is 9.05. The molecular weight excluding hydrogens is 645 g/mol. The van der Waals surface area contributed by atoms with Crippen LogP contribution in [0, 0.1) is 31.1 Å². The van der Waals surface area contributed by atoms with E-state index in [1.807, 2.05) is 41.6 Å². The van der Waals surface area contributed by atoms with Crippen molar-refractivity contribution in [2.24, 2.45) is 22.4 Å². The van der Waals surface area contributed by atoms with Gasteiger partial charge in [-0.05, 0) is 79.8 Å². The largest absolute Gasteiger partial charge is 1.00 e. The standard InChI is InChI=1S/C31H38F3N4O5.BrH/c1-20-13-23(14-21(2)28(20)42-22(3)39)15-37-18-35-38(19-37)16-27-24(11-12-30(4,5)29(27)36-40-6)17-41-25-7-9-26(10-8-25)43-31(32,33)34;/h7-10,13-14,18-19,24,27H,11-12,15-17H2,1-6H3;1H/q+1;/p-1/t24-,27?;/m0./s1. The summed E-state index contributed by atoms with van der Waals surface area (Å²) in [7, 11) is 1.53. The zero-order valence-corrected chi connectivity index (χ0v) is 27.2. The summed E-state index contributed by atoms with van der Waals surface area (Å²) in [4.78, 5) is 16.7. The molecule has 0 bridgehead atoms. The summed E-state index contributed by atoms with van der Waals surface area (Å²) in [6.45, 7) is 11.0. The average molecular weight is 684 g/mol. The second kappa shape index (κ2) is 14.4. The summed E-state index contributed by atoms with van der Waals surface area (Å²) in [6.07, 6.45) is 0.694. The molecule has 0 aliphatic heterocycles. The SMILES string of the molecule is CON=C1C(Cn2c[n+](Cc3cc(C)c(OC(C)=O)c(C)c3)cn2)[C@H](COc2ccc(OC(F)(F)F)cc2)CCC1(C)C.[Br-]. The number of aromatic nitrogens is 3. The van der Waals surface area contributed by atoms with Gasteiger partial charge in [-0.25, -0.2) is 4.57 Å². The first-order valence-electron chi connectivity index (χ1n) is 14.0. The highest BCUT2D eigenvalue weighted by Gasteiger charge is 2.43. The summed E-state index contributed by atoms with van der Waals surface area (Å²) < 4.78 is 56.7. The van der Waals surface area contributed by atoms with E-state index >= 15 is 0 Å². The van der Waals surface area contributed by atoms with Crippen LogP contribution in [0.25, 0.3) is 0 Å². The van der Waals surface area contributed by atoms with Crippen LogP contribution >= 0.6 is 0 Å². The lowest BCUT2D eigenvalue weighted by molar-refractivity contribution is -0.689. The number of aryl methyl sites for hydroxylation is 2. The minimum absolute atomic E-state index is 0. The van der Waals surface area contributed by atoms with Gasteiger partial charge in [-0.15, -0.1) is 17.9 Å². The van der Waals surface area contributed by atoms with E-state index in [1.54, 1.807) is 6.33 Å². The number of alkyl halides is 3. The molecule has 3 aromatic rings. The number of ether oxygens (including phenoxy) is 3. The van der Waals surface area contributed by atoms with E-state index in [9.17, 15) is 18.0 Å². The third-order valence-electron chi connectivity index (χ3n) is 7.61. The second-order valence-corrected chi connectivity index (χ2v) is 11.6. The molecule has 1 fully saturated rings. The number of carbonyl (C=O) groups excluding carboxylic acids is 1. The van der Waals surface area contributed by atoms with Crippen LogP contribution < -0.4 is 35.8 Å². The highest BCUT2D eigenvalue weighted by Crippen LogP contribution is 2.41. The Morgan fingerprint density at radius 1 is 1.14 bits per heavy atom. The lowest BCUT2D eigenvalue weighted by Crippen LogP contribution is -3.00. The van der Waals surface area contributed by atoms with E-state index in [-0.39, 0.29) is 46.0 Å². The van der Waals surface area contributed by atoms with Crippen molar-refractivity contribution in [3.63, 3.8) is 0 Å². The van der Waals surface area contributed by atoms with E-state index in [4.69, 9.17) is 14.3 Å². The van der Waals surface area contributed by atoms with Crippen LogP contribution in [0.15, 0.2) is 54.2 Å². The van der Waals surface area contributed by atoms with Crippen LogP contribution in [-0.4, -0.2) is 41.5 Å². The highest BCUT2D eigenvalue weighted by atomic mass is 79.9. The number of oxime groups is 1. The molecule has 1 aliphatic rings. The molecule has 240 valence electrons. The van der Waals surface area contributed by atoms with Crippen molar-refractivity contribution in [2.75, 3.05) is 13.7 Å². The molecule has 2 atom stereocenters. The number of esters is 1. The first kappa shape index (κ1) is 34.9. The Morgan fingerprint density at radius 2 is 1.77 bits per heavy atom. The predicted octanol–water partition coefficient (Wildman–Crippen LogP) is 2.80. The minimum Gasteiger partial charge on any atom is -1.00 e. The minimum atomic E-state index is -4.75. The molecule has 44 heavy (non-hydrogen) atoms. The normalized spacial score (nSPS) is 18.8. The van der Waals surface area contributed by atoms with Crippen molar-refractivity contribution in [2.45, 2.75) is 66.9 Å². The molecular formula is C31H38BrF3N4O5. The van der Waals surface area contributed by atoms with E-state index in [2.05, 4.69) is 28.8 Å². The van der Waals surface area contributed by atoms with Crippen LogP contribution in [0.1, 0.15) is 50.3 Å². The Kier molecular flexibility index (Phi) is 11.5. The van der Waals surface area contributed by atoms with Gasteiger partial charge in [0.05, 0.1) is 18.9 Å². The fourth-order valence-electron chi connectivity index (χ4n) is 5.65. The number of hydrogen-bond donors (Lipinski definition) is 0. The van der Waals surface area contributed by atoms with Crippen LogP contribution in [0.4, 0.5) is 13.2 Å². The van der Waals surface area contributed by atoms with Crippen LogP contribution in [0.3, 0.4) is 0 Å². The fraction of sp³-hybridized carbons (Fsp3) is 0.484. The van der Waals surface area contributed by atoms with Crippen molar-refractivity contribution >= 4 is 11.7 Å². The van der Waals surface area contributed by atoms with Gasteiger partial charge in [0, 0.05) is 29.3 Å². The molecule has 0 amide bonds. The lowest BCUT2D eigenvalue weighted by Gasteiger charge is -2.40. The maximum Gasteiger partial charge on any atom is 0.573 e. The van der Waals surface area contributed by atoms with Crippen LogP contribution in [-0.2, 0) is 22.7 Å². The molecule has 1 aromatic heterocycles. The average Bonchev–Trinajstić information content (AvgIpc) is 3.34. The van der Waals surface area contributed by atoms with Gasteiger partial charge in [0.25, 0.3) is 6.33 Å². The summed E-state index contributed by atoms with van der Waals surface area (Å²) in [5.74, 6) is 0.381. The Labute approximate surface area is 265 Å². The van der Waals surface area contributed by atoms with E-state index in [1.165, 1.54) is 38.3 Å². The predicted molar refractivity (Wildman–Crippen MR) is 152 cm³/mol. The molecule has 13 heteroatoms. The van der Waals surface area contributed by atoms with Crippen LogP contribution in [0.5, 0.6) is 17.2 Å². The van der Waals surface area contributed by atoms with Gasteiger partial charge in [-0.3, -0.25) is 4.79 Å².